The van der Waals surface area contributed by atoms with Crippen molar-refractivity contribution in [1.82, 2.24) is 4.90 Å². The molecule has 0 spiro atoms. The monoisotopic (exact) mass is 281 g/mol. The Morgan fingerprint density at radius 1 is 0.952 bits per heavy atom. The van der Waals surface area contributed by atoms with Gasteiger partial charge in [0.25, 0.3) is 5.91 Å². The van der Waals surface area contributed by atoms with Crippen molar-refractivity contribution >= 4 is 5.91 Å². The number of carbonyl (C=O) groups is 1. The highest BCUT2D eigenvalue weighted by molar-refractivity contribution is 5.94. The predicted molar refractivity (Wildman–Crippen MR) is 82.4 cm³/mol. The Kier molecular flexibility index (Phi) is 3.91. The number of likely N-dealkylation sites (tertiary alicyclic amines) is 1. The third-order valence-electron chi connectivity index (χ3n) is 4.17. The van der Waals surface area contributed by atoms with E-state index in [2.05, 4.69) is 0 Å². The zero-order valence-corrected chi connectivity index (χ0v) is 11.9. The van der Waals surface area contributed by atoms with Crippen molar-refractivity contribution in [3.63, 3.8) is 0 Å². The van der Waals surface area contributed by atoms with Crippen LogP contribution < -0.4 is 0 Å². The minimum absolute atomic E-state index is 0.125. The van der Waals surface area contributed by atoms with Gasteiger partial charge < -0.3 is 10.0 Å². The van der Waals surface area contributed by atoms with Crippen LogP contribution in [0.1, 0.15) is 34.7 Å². The molecule has 3 rings (SSSR count). The molecule has 1 N–H and O–H groups in total. The number of nitrogens with zero attached hydrogens (tertiary/aromatic N) is 1. The van der Waals surface area contributed by atoms with Gasteiger partial charge in [0, 0.05) is 18.7 Å². The van der Waals surface area contributed by atoms with Crippen LogP contribution in [0.2, 0.25) is 0 Å². The summed E-state index contributed by atoms with van der Waals surface area (Å²) < 4.78 is 0. The first-order valence-electron chi connectivity index (χ1n) is 7.37. The van der Waals surface area contributed by atoms with Gasteiger partial charge in [-0.2, -0.15) is 0 Å². The van der Waals surface area contributed by atoms with Crippen molar-refractivity contribution < 1.29 is 9.90 Å². The molecule has 21 heavy (non-hydrogen) atoms. The van der Waals surface area contributed by atoms with E-state index in [1.807, 2.05) is 47.4 Å². The van der Waals surface area contributed by atoms with Crippen molar-refractivity contribution in [3.8, 4) is 5.75 Å². The van der Waals surface area contributed by atoms with Crippen LogP contribution in [0.3, 0.4) is 0 Å². The van der Waals surface area contributed by atoms with Gasteiger partial charge in [0.1, 0.15) is 5.75 Å². The summed E-state index contributed by atoms with van der Waals surface area (Å²) in [5.74, 6) is 0.903. The molecule has 3 nitrogen and oxygen atoms in total. The maximum absolute atomic E-state index is 12.4. The third kappa shape index (κ3) is 3.07. The van der Waals surface area contributed by atoms with Gasteiger partial charge in [-0.25, -0.2) is 0 Å². The number of aromatic hydroxyl groups is 1. The third-order valence-corrected chi connectivity index (χ3v) is 4.17. The molecule has 1 aliphatic heterocycles. The zero-order valence-electron chi connectivity index (χ0n) is 11.9. The smallest absolute Gasteiger partial charge is 0.253 e. The van der Waals surface area contributed by atoms with Crippen LogP contribution in [-0.2, 0) is 0 Å². The Hall–Kier alpha value is -2.29. The Bertz CT molecular complexity index is 599. The van der Waals surface area contributed by atoms with Gasteiger partial charge in [0.15, 0.2) is 0 Å². The molecule has 0 unspecified atom stereocenters. The largest absolute Gasteiger partial charge is 0.508 e. The zero-order chi connectivity index (χ0) is 14.7. The molecule has 1 aliphatic rings. The summed E-state index contributed by atoms with van der Waals surface area (Å²) in [5.41, 5.74) is 2.01. The number of phenols is 1. The fourth-order valence-corrected chi connectivity index (χ4v) is 2.93. The van der Waals surface area contributed by atoms with E-state index in [1.54, 1.807) is 12.1 Å². The second-order valence-electron chi connectivity index (χ2n) is 5.52. The van der Waals surface area contributed by atoms with E-state index in [-0.39, 0.29) is 5.91 Å². The second-order valence-corrected chi connectivity index (χ2v) is 5.52. The number of amides is 1. The van der Waals surface area contributed by atoms with Crippen LogP contribution in [0.4, 0.5) is 0 Å². The minimum atomic E-state index is 0.125. The van der Waals surface area contributed by atoms with E-state index >= 15 is 0 Å². The van der Waals surface area contributed by atoms with Crippen LogP contribution in [0.15, 0.2) is 54.6 Å². The number of phenolic OH excluding ortho intramolecular Hbond substituents is 1. The van der Waals surface area contributed by atoms with Crippen molar-refractivity contribution in [1.29, 1.82) is 0 Å². The maximum atomic E-state index is 12.4. The molecule has 3 heteroatoms. The van der Waals surface area contributed by atoms with Gasteiger partial charge in [-0.3, -0.25) is 4.79 Å². The summed E-state index contributed by atoms with van der Waals surface area (Å²) in [4.78, 5) is 14.3. The minimum Gasteiger partial charge on any atom is -0.508 e. The molecule has 2 aromatic carbocycles. The van der Waals surface area contributed by atoms with Gasteiger partial charge >= 0.3 is 0 Å². The molecule has 0 bridgehead atoms. The van der Waals surface area contributed by atoms with E-state index in [0.717, 1.165) is 31.5 Å². The lowest BCUT2D eigenvalue weighted by Crippen LogP contribution is -2.37. The normalized spacial score (nSPS) is 15.9. The van der Waals surface area contributed by atoms with Crippen molar-refractivity contribution in [2.75, 3.05) is 13.1 Å². The number of rotatable bonds is 2. The number of hydrogen-bond donors (Lipinski definition) is 1. The highest BCUT2D eigenvalue weighted by Gasteiger charge is 2.24. The molecule has 1 fully saturated rings. The second kappa shape index (κ2) is 6.00. The molecule has 0 atom stereocenters. The van der Waals surface area contributed by atoms with Crippen LogP contribution in [-0.4, -0.2) is 29.0 Å². The summed E-state index contributed by atoms with van der Waals surface area (Å²) in [5, 5.41) is 9.34. The highest BCUT2D eigenvalue weighted by atomic mass is 16.3. The lowest BCUT2D eigenvalue weighted by atomic mass is 9.89. The van der Waals surface area contributed by atoms with Gasteiger partial charge in [-0.1, -0.05) is 30.3 Å². The predicted octanol–water partition coefficient (Wildman–Crippen LogP) is 3.41. The van der Waals surface area contributed by atoms with Crippen LogP contribution in [0.25, 0.3) is 0 Å². The number of hydrogen-bond acceptors (Lipinski definition) is 2. The number of carbonyl (C=O) groups excluding carboxylic acids is 1. The first kappa shape index (κ1) is 13.7. The molecule has 108 valence electrons. The van der Waals surface area contributed by atoms with Gasteiger partial charge in [0.05, 0.1) is 0 Å². The number of benzene rings is 2. The van der Waals surface area contributed by atoms with Crippen LogP contribution in [0, 0.1) is 0 Å². The Morgan fingerprint density at radius 3 is 2.19 bits per heavy atom. The molecule has 2 aromatic rings. The molecule has 1 saturated heterocycles. The topological polar surface area (TPSA) is 40.5 Å². The van der Waals surface area contributed by atoms with Gasteiger partial charge in [-0.05, 0) is 48.6 Å². The maximum Gasteiger partial charge on any atom is 0.253 e. The standard InChI is InChI=1S/C18H19NO2/c20-17-8-6-14(7-9-17)15-10-12-19(13-11-15)18(21)16-4-2-1-3-5-16/h1-9,15,20H,10-13H2. The average Bonchev–Trinajstić information content (AvgIpc) is 2.56. The molecule has 1 heterocycles. The first-order chi connectivity index (χ1) is 10.2. The Labute approximate surface area is 124 Å². The summed E-state index contributed by atoms with van der Waals surface area (Å²) in [6, 6.07) is 16.9. The molecule has 1 amide bonds. The van der Waals surface area contributed by atoms with Crippen molar-refractivity contribution in [2.24, 2.45) is 0 Å². The average molecular weight is 281 g/mol. The van der Waals surface area contributed by atoms with E-state index in [9.17, 15) is 9.90 Å². The fraction of sp³-hybridized carbons (Fsp3) is 0.278. The Balaban J connectivity index is 1.63. The molecule has 0 radical (unpaired) electrons. The summed E-state index contributed by atoms with van der Waals surface area (Å²) in [7, 11) is 0. The highest BCUT2D eigenvalue weighted by Crippen LogP contribution is 2.29. The molecular weight excluding hydrogens is 262 g/mol. The quantitative estimate of drug-likeness (QED) is 0.916. The molecule has 0 saturated carbocycles. The molecule has 0 aliphatic carbocycles. The van der Waals surface area contributed by atoms with Gasteiger partial charge in [0.2, 0.25) is 0 Å². The fourth-order valence-electron chi connectivity index (χ4n) is 2.93. The first-order valence-corrected chi connectivity index (χ1v) is 7.37. The lowest BCUT2D eigenvalue weighted by molar-refractivity contribution is 0.0713. The van der Waals surface area contributed by atoms with Crippen LogP contribution in [0.5, 0.6) is 5.75 Å². The summed E-state index contributed by atoms with van der Waals surface area (Å²) in [6.45, 7) is 1.58. The SMILES string of the molecule is O=C(c1ccccc1)N1CCC(c2ccc(O)cc2)CC1. The van der Waals surface area contributed by atoms with E-state index in [0.29, 0.717) is 11.7 Å². The molecular formula is C18H19NO2. The Morgan fingerprint density at radius 2 is 1.57 bits per heavy atom. The molecule has 0 aromatic heterocycles. The van der Waals surface area contributed by atoms with E-state index in [4.69, 9.17) is 0 Å². The van der Waals surface area contributed by atoms with Crippen LogP contribution >= 0.6 is 0 Å². The van der Waals surface area contributed by atoms with Crippen molar-refractivity contribution in [2.45, 2.75) is 18.8 Å². The number of piperidine rings is 1. The summed E-state index contributed by atoms with van der Waals surface area (Å²) >= 11 is 0. The van der Waals surface area contributed by atoms with Gasteiger partial charge in [-0.15, -0.1) is 0 Å². The summed E-state index contributed by atoms with van der Waals surface area (Å²) in [6.07, 6.45) is 1.95. The van der Waals surface area contributed by atoms with Crippen molar-refractivity contribution in [3.05, 3.63) is 65.7 Å². The lowest BCUT2D eigenvalue weighted by Gasteiger charge is -2.32. The van der Waals surface area contributed by atoms with E-state index < -0.39 is 0 Å². The van der Waals surface area contributed by atoms with E-state index in [1.165, 1.54) is 5.56 Å².